The Hall–Kier alpha value is -2.18. The average molecular weight is 1050 g/mol. The quantitative estimate of drug-likeness (QED) is 0.0320. The minimum Gasteiger partial charge on any atom is -0.466 e. The Balaban J connectivity index is 3.43. The molecule has 6 nitrogen and oxygen atoms in total. The number of amides is 1. The summed E-state index contributed by atoms with van der Waals surface area (Å²) >= 11 is 0. The van der Waals surface area contributed by atoms with E-state index in [1.54, 1.807) is 0 Å². The van der Waals surface area contributed by atoms with E-state index in [9.17, 15) is 19.8 Å². The lowest BCUT2D eigenvalue weighted by Crippen LogP contribution is -2.45. The van der Waals surface area contributed by atoms with Crippen molar-refractivity contribution >= 4 is 11.9 Å². The number of aliphatic hydroxyl groups excluding tert-OH is 2. The van der Waals surface area contributed by atoms with Gasteiger partial charge in [-0.25, -0.2) is 0 Å². The van der Waals surface area contributed by atoms with Crippen LogP contribution in [0.3, 0.4) is 0 Å². The third-order valence-corrected chi connectivity index (χ3v) is 15.3. The molecule has 3 N–H and O–H groups in total. The van der Waals surface area contributed by atoms with Crippen LogP contribution in [0.2, 0.25) is 0 Å². The maximum atomic E-state index is 12.5. The van der Waals surface area contributed by atoms with Gasteiger partial charge in [0.05, 0.1) is 25.4 Å². The highest BCUT2D eigenvalue weighted by molar-refractivity contribution is 5.76. The number of unbranched alkanes of at least 4 members (excludes halogenated alkanes) is 43. The number of carbonyl (C=O) groups excluding carboxylic acids is 2. The van der Waals surface area contributed by atoms with Gasteiger partial charge in [-0.05, 0) is 83.5 Å². The van der Waals surface area contributed by atoms with Crippen LogP contribution in [0.1, 0.15) is 354 Å². The van der Waals surface area contributed by atoms with Crippen molar-refractivity contribution in [2.75, 3.05) is 13.2 Å². The van der Waals surface area contributed by atoms with E-state index < -0.39 is 12.1 Å². The Morgan fingerprint density at radius 2 is 0.693 bits per heavy atom. The number of rotatable bonds is 62. The maximum Gasteiger partial charge on any atom is 0.305 e. The van der Waals surface area contributed by atoms with Crippen molar-refractivity contribution in [3.8, 4) is 0 Å². The average Bonchev–Trinajstić information content (AvgIpc) is 3.41. The molecule has 0 rings (SSSR count). The first kappa shape index (κ1) is 72.8. The third-order valence-electron chi connectivity index (χ3n) is 15.3. The van der Waals surface area contributed by atoms with Crippen LogP contribution in [0, 0.1) is 0 Å². The molecule has 0 bridgehead atoms. The predicted molar refractivity (Wildman–Crippen MR) is 329 cm³/mol. The Bertz CT molecular complexity index is 1260. The second-order valence-corrected chi connectivity index (χ2v) is 22.8. The first-order valence-electron chi connectivity index (χ1n) is 33.4. The molecule has 0 spiro atoms. The van der Waals surface area contributed by atoms with Crippen LogP contribution in [-0.4, -0.2) is 47.4 Å². The van der Waals surface area contributed by atoms with E-state index in [4.69, 9.17) is 4.74 Å². The number of nitrogens with one attached hydrogen (secondary N) is 1. The fraction of sp³-hybridized carbons (Fsp3) is 0.855. The van der Waals surface area contributed by atoms with Crippen LogP contribution in [-0.2, 0) is 14.3 Å². The topological polar surface area (TPSA) is 95.9 Å². The molecule has 0 radical (unpaired) electrons. The summed E-state index contributed by atoms with van der Waals surface area (Å²) in [6, 6.07) is -0.545. The highest BCUT2D eigenvalue weighted by atomic mass is 16.5. The van der Waals surface area contributed by atoms with E-state index in [0.717, 1.165) is 57.8 Å². The maximum absolute atomic E-state index is 12.5. The molecular weight excluding hydrogens is 923 g/mol. The second-order valence-electron chi connectivity index (χ2n) is 22.8. The summed E-state index contributed by atoms with van der Waals surface area (Å²) in [6.45, 7) is 4.90. The lowest BCUT2D eigenvalue weighted by Gasteiger charge is -2.22. The van der Waals surface area contributed by atoms with Gasteiger partial charge < -0.3 is 20.3 Å². The van der Waals surface area contributed by atoms with Crippen LogP contribution in [0.4, 0.5) is 0 Å². The Kier molecular flexibility index (Phi) is 62.5. The van der Waals surface area contributed by atoms with Gasteiger partial charge in [-0.1, -0.05) is 306 Å². The van der Waals surface area contributed by atoms with Crippen molar-refractivity contribution in [2.24, 2.45) is 0 Å². The Morgan fingerprint density at radius 1 is 0.373 bits per heavy atom. The fourth-order valence-corrected chi connectivity index (χ4v) is 10.2. The fourth-order valence-electron chi connectivity index (χ4n) is 10.2. The van der Waals surface area contributed by atoms with Crippen molar-refractivity contribution in [3.05, 3.63) is 48.6 Å². The molecule has 0 heterocycles. The molecule has 0 aromatic rings. The summed E-state index contributed by atoms with van der Waals surface area (Å²) < 4.78 is 5.47. The Morgan fingerprint density at radius 3 is 1.07 bits per heavy atom. The van der Waals surface area contributed by atoms with E-state index in [1.165, 1.54) is 263 Å². The van der Waals surface area contributed by atoms with Gasteiger partial charge in [0.1, 0.15) is 0 Å². The second kappa shape index (κ2) is 64.3. The zero-order valence-corrected chi connectivity index (χ0v) is 50.3. The summed E-state index contributed by atoms with van der Waals surface area (Å²) in [5.74, 6) is -0.0406. The van der Waals surface area contributed by atoms with Crippen LogP contribution >= 0.6 is 0 Å². The van der Waals surface area contributed by atoms with Gasteiger partial charge in [0.2, 0.25) is 5.91 Å². The van der Waals surface area contributed by atoms with Gasteiger partial charge in [0, 0.05) is 12.8 Å². The highest BCUT2D eigenvalue weighted by Crippen LogP contribution is 2.18. The van der Waals surface area contributed by atoms with E-state index in [1.807, 2.05) is 0 Å². The molecule has 0 aromatic carbocycles. The molecule has 0 aliphatic carbocycles. The van der Waals surface area contributed by atoms with Gasteiger partial charge in [-0.2, -0.15) is 0 Å². The molecule has 0 aliphatic heterocycles. The molecule has 440 valence electrons. The van der Waals surface area contributed by atoms with Crippen LogP contribution in [0.25, 0.3) is 0 Å². The van der Waals surface area contributed by atoms with Crippen molar-refractivity contribution in [1.82, 2.24) is 5.32 Å². The monoisotopic (exact) mass is 1050 g/mol. The number of hydrogen-bond donors (Lipinski definition) is 3. The van der Waals surface area contributed by atoms with Gasteiger partial charge in [-0.3, -0.25) is 9.59 Å². The number of esters is 1. The van der Waals surface area contributed by atoms with Crippen LogP contribution < -0.4 is 5.32 Å². The molecule has 2 unspecified atom stereocenters. The molecule has 75 heavy (non-hydrogen) atoms. The van der Waals surface area contributed by atoms with Crippen molar-refractivity contribution in [1.29, 1.82) is 0 Å². The molecular formula is C69H129NO5. The summed E-state index contributed by atoms with van der Waals surface area (Å²) in [6.07, 6.45) is 82.8. The molecule has 2 atom stereocenters. The summed E-state index contributed by atoms with van der Waals surface area (Å²) in [5, 5.41) is 23.4. The largest absolute Gasteiger partial charge is 0.466 e. The molecule has 0 saturated heterocycles. The zero-order chi connectivity index (χ0) is 54.3. The van der Waals surface area contributed by atoms with E-state index in [-0.39, 0.29) is 18.5 Å². The van der Waals surface area contributed by atoms with Gasteiger partial charge in [0.25, 0.3) is 0 Å². The number of ether oxygens (including phenoxy) is 1. The predicted octanol–water partition coefficient (Wildman–Crippen LogP) is 21.3. The van der Waals surface area contributed by atoms with Gasteiger partial charge >= 0.3 is 5.97 Å². The smallest absolute Gasteiger partial charge is 0.305 e. The van der Waals surface area contributed by atoms with Crippen molar-refractivity contribution in [3.63, 3.8) is 0 Å². The van der Waals surface area contributed by atoms with E-state index in [0.29, 0.717) is 25.9 Å². The van der Waals surface area contributed by atoms with Crippen LogP contribution in [0.5, 0.6) is 0 Å². The van der Waals surface area contributed by atoms with Gasteiger partial charge in [0.15, 0.2) is 0 Å². The normalized spacial score (nSPS) is 12.9. The lowest BCUT2D eigenvalue weighted by molar-refractivity contribution is -0.143. The SMILES string of the molecule is CCC/C=C\C/C=C\CCCCCCCC(=O)OCCCCCCCCCCC/C=C\C/C=C\CCCCCCCCCCCCCC(=O)NC(CO)C(O)CCCCCCCCCCCCCCCCCCCC. The Labute approximate surface area is 467 Å². The number of allylic oxidation sites excluding steroid dienone is 8. The van der Waals surface area contributed by atoms with Gasteiger partial charge in [-0.15, -0.1) is 0 Å². The minimum absolute atomic E-state index is 0.00481. The number of aliphatic hydroxyl groups is 2. The van der Waals surface area contributed by atoms with E-state index >= 15 is 0 Å². The zero-order valence-electron chi connectivity index (χ0n) is 50.3. The number of hydrogen-bond acceptors (Lipinski definition) is 5. The molecule has 0 aliphatic rings. The van der Waals surface area contributed by atoms with E-state index in [2.05, 4.69) is 67.8 Å². The molecule has 0 saturated carbocycles. The molecule has 0 fully saturated rings. The van der Waals surface area contributed by atoms with Crippen molar-refractivity contribution < 1.29 is 24.5 Å². The minimum atomic E-state index is -0.668. The first-order valence-corrected chi connectivity index (χ1v) is 33.4. The molecule has 6 heteroatoms. The standard InChI is InChI=1S/C69H129NO5/c1-3-5-7-9-11-13-15-17-18-19-31-34-38-41-45-49-53-57-61-67(72)66(65-71)70-68(73)62-58-54-50-46-42-39-35-32-29-27-25-23-21-20-22-24-26-28-30-33-36-40-44-48-52-56-60-64-75-69(74)63-59-55-51-47-43-37-16-14-12-10-8-6-4-2/h8,10,14,16,20-21,24,26,66-67,71-72H,3-7,9,11-13,15,17-19,22-23,25,27-65H2,1-2H3,(H,70,73)/b10-8-,16-14-,21-20-,26-24-. The van der Waals surface area contributed by atoms with Crippen LogP contribution in [0.15, 0.2) is 48.6 Å². The summed E-state index contributed by atoms with van der Waals surface area (Å²) in [5.41, 5.74) is 0. The molecule has 0 aromatic heterocycles. The third kappa shape index (κ3) is 60.9. The lowest BCUT2D eigenvalue weighted by atomic mass is 10.0. The highest BCUT2D eigenvalue weighted by Gasteiger charge is 2.20. The summed E-state index contributed by atoms with van der Waals surface area (Å²) in [4.78, 5) is 24.5. The summed E-state index contributed by atoms with van der Waals surface area (Å²) in [7, 11) is 0. The van der Waals surface area contributed by atoms with Crippen molar-refractivity contribution in [2.45, 2.75) is 366 Å². The molecule has 1 amide bonds. The number of carbonyl (C=O) groups is 2. The first-order chi connectivity index (χ1) is 37.0.